The summed E-state index contributed by atoms with van der Waals surface area (Å²) in [4.78, 5) is 3.98. The summed E-state index contributed by atoms with van der Waals surface area (Å²) in [7, 11) is 0. The van der Waals surface area contributed by atoms with Crippen LogP contribution in [0.1, 0.15) is 17.0 Å². The number of oxime groups is 1. The lowest BCUT2D eigenvalue weighted by atomic mass is 9.90. The third-order valence-electron chi connectivity index (χ3n) is 3.55. The predicted molar refractivity (Wildman–Crippen MR) is 84.0 cm³/mol. The van der Waals surface area contributed by atoms with E-state index in [2.05, 4.69) is 15.2 Å². The molecule has 1 N–H and O–H groups in total. The van der Waals surface area contributed by atoms with Crippen LogP contribution in [0.5, 0.6) is 0 Å². The van der Waals surface area contributed by atoms with Crippen LogP contribution in [0.2, 0.25) is 0 Å². The van der Waals surface area contributed by atoms with Gasteiger partial charge in [-0.1, -0.05) is 65.8 Å². The summed E-state index contributed by atoms with van der Waals surface area (Å²) in [5.41, 5.74) is 2.57. The van der Waals surface area contributed by atoms with Crippen molar-refractivity contribution in [1.82, 2.24) is 14.8 Å². The van der Waals surface area contributed by atoms with Crippen molar-refractivity contribution in [3.05, 3.63) is 84.4 Å². The second kappa shape index (κ2) is 6.67. The van der Waals surface area contributed by atoms with Crippen LogP contribution >= 0.6 is 0 Å². The number of benzene rings is 2. The molecule has 1 unspecified atom stereocenters. The molecule has 0 aliphatic heterocycles. The summed E-state index contributed by atoms with van der Waals surface area (Å²) in [6.07, 6.45) is 3.16. The number of nitrogens with zero attached hydrogens (tertiary/aromatic N) is 4. The average molecular weight is 292 g/mol. The van der Waals surface area contributed by atoms with E-state index in [0.717, 1.165) is 11.1 Å². The van der Waals surface area contributed by atoms with Crippen molar-refractivity contribution in [2.75, 3.05) is 0 Å². The lowest BCUT2D eigenvalue weighted by molar-refractivity contribution is 0.316. The first kappa shape index (κ1) is 14.0. The summed E-state index contributed by atoms with van der Waals surface area (Å²) in [5.74, 6) is -0.115. The van der Waals surface area contributed by atoms with Crippen LogP contribution in [0.25, 0.3) is 0 Å². The van der Waals surface area contributed by atoms with Gasteiger partial charge in [0.05, 0.1) is 12.3 Å². The highest BCUT2D eigenvalue weighted by molar-refractivity contribution is 6.04. The van der Waals surface area contributed by atoms with E-state index >= 15 is 0 Å². The molecule has 3 aromatic rings. The van der Waals surface area contributed by atoms with Gasteiger partial charge < -0.3 is 5.21 Å². The Morgan fingerprint density at radius 1 is 1.05 bits per heavy atom. The zero-order valence-corrected chi connectivity index (χ0v) is 11.9. The van der Waals surface area contributed by atoms with Crippen molar-refractivity contribution in [3.8, 4) is 0 Å². The van der Waals surface area contributed by atoms with Crippen LogP contribution < -0.4 is 0 Å². The third kappa shape index (κ3) is 3.03. The maximum absolute atomic E-state index is 9.58. The molecule has 0 bridgehead atoms. The highest BCUT2D eigenvalue weighted by Crippen LogP contribution is 2.23. The molecule has 110 valence electrons. The zero-order valence-electron chi connectivity index (χ0n) is 11.9. The summed E-state index contributed by atoms with van der Waals surface area (Å²) in [6.45, 7) is 0.554. The van der Waals surface area contributed by atoms with Crippen LogP contribution in [0.15, 0.2) is 78.5 Å². The van der Waals surface area contributed by atoms with Crippen LogP contribution in [-0.2, 0) is 6.54 Å². The topological polar surface area (TPSA) is 63.3 Å². The van der Waals surface area contributed by atoms with Gasteiger partial charge in [-0.15, -0.1) is 0 Å². The lowest BCUT2D eigenvalue weighted by Gasteiger charge is -2.19. The Morgan fingerprint density at radius 3 is 2.32 bits per heavy atom. The number of rotatable bonds is 5. The standard InChI is InChI=1S/C17H16N4O/c22-20-17(15-9-5-2-6-10-15)16(11-21-13-18-12-19-21)14-7-3-1-4-8-14/h1-10,12-13,16,22H,11H2/b20-17+. The number of hydrogen-bond acceptors (Lipinski definition) is 4. The molecule has 1 heterocycles. The Labute approximate surface area is 128 Å². The van der Waals surface area contributed by atoms with E-state index in [-0.39, 0.29) is 5.92 Å². The van der Waals surface area contributed by atoms with Gasteiger partial charge >= 0.3 is 0 Å². The molecule has 1 aromatic heterocycles. The molecular formula is C17H16N4O. The molecule has 1 atom stereocenters. The van der Waals surface area contributed by atoms with Gasteiger partial charge in [0, 0.05) is 5.92 Å². The van der Waals surface area contributed by atoms with E-state index in [0.29, 0.717) is 12.3 Å². The summed E-state index contributed by atoms with van der Waals surface area (Å²) in [5, 5.41) is 17.3. The molecule has 0 saturated heterocycles. The highest BCUT2D eigenvalue weighted by Gasteiger charge is 2.21. The summed E-state index contributed by atoms with van der Waals surface area (Å²) < 4.78 is 1.74. The molecule has 5 heteroatoms. The van der Waals surface area contributed by atoms with Crippen LogP contribution in [0.4, 0.5) is 0 Å². The van der Waals surface area contributed by atoms with Gasteiger partial charge in [0.1, 0.15) is 12.7 Å². The maximum Gasteiger partial charge on any atom is 0.137 e. The van der Waals surface area contributed by atoms with E-state index in [4.69, 9.17) is 0 Å². The molecule has 0 aliphatic rings. The molecule has 0 fully saturated rings. The third-order valence-corrected chi connectivity index (χ3v) is 3.55. The second-order valence-corrected chi connectivity index (χ2v) is 4.93. The molecule has 2 aromatic carbocycles. The zero-order chi connectivity index (χ0) is 15.2. The van der Waals surface area contributed by atoms with Gasteiger partial charge in [-0.3, -0.25) is 4.68 Å². The Balaban J connectivity index is 2.00. The van der Waals surface area contributed by atoms with Crippen molar-refractivity contribution in [2.45, 2.75) is 12.5 Å². The fourth-order valence-corrected chi connectivity index (χ4v) is 2.49. The van der Waals surface area contributed by atoms with E-state index in [1.54, 1.807) is 11.0 Å². The first-order valence-electron chi connectivity index (χ1n) is 7.03. The van der Waals surface area contributed by atoms with Crippen molar-refractivity contribution in [3.63, 3.8) is 0 Å². The van der Waals surface area contributed by atoms with Gasteiger partial charge in [-0.05, 0) is 11.1 Å². The Hall–Kier alpha value is -2.95. The van der Waals surface area contributed by atoms with Crippen molar-refractivity contribution < 1.29 is 5.21 Å². The quantitative estimate of drug-likeness (QED) is 0.447. The Morgan fingerprint density at radius 2 is 1.73 bits per heavy atom. The average Bonchev–Trinajstić information content (AvgIpc) is 3.10. The molecule has 3 rings (SSSR count). The van der Waals surface area contributed by atoms with Crippen LogP contribution in [-0.4, -0.2) is 25.7 Å². The SMILES string of the molecule is O/N=C(\c1ccccc1)C(Cn1cncn1)c1ccccc1. The van der Waals surface area contributed by atoms with E-state index in [1.165, 1.54) is 6.33 Å². The van der Waals surface area contributed by atoms with Crippen molar-refractivity contribution >= 4 is 5.71 Å². The Kier molecular flexibility index (Phi) is 4.25. The first-order valence-corrected chi connectivity index (χ1v) is 7.03. The minimum absolute atomic E-state index is 0.115. The molecule has 0 spiro atoms. The number of hydrogen-bond donors (Lipinski definition) is 1. The lowest BCUT2D eigenvalue weighted by Crippen LogP contribution is -2.20. The smallest absolute Gasteiger partial charge is 0.137 e. The fourth-order valence-electron chi connectivity index (χ4n) is 2.49. The van der Waals surface area contributed by atoms with Crippen molar-refractivity contribution in [2.24, 2.45) is 5.16 Å². The maximum atomic E-state index is 9.58. The normalized spacial score (nSPS) is 13.0. The van der Waals surface area contributed by atoms with E-state index in [9.17, 15) is 5.21 Å². The van der Waals surface area contributed by atoms with Gasteiger partial charge in [0.25, 0.3) is 0 Å². The molecule has 5 nitrogen and oxygen atoms in total. The van der Waals surface area contributed by atoms with Crippen LogP contribution in [0, 0.1) is 0 Å². The summed E-state index contributed by atoms with van der Waals surface area (Å²) >= 11 is 0. The van der Waals surface area contributed by atoms with E-state index in [1.807, 2.05) is 60.7 Å². The second-order valence-electron chi connectivity index (χ2n) is 4.93. The van der Waals surface area contributed by atoms with Gasteiger partial charge in [-0.25, -0.2) is 4.98 Å². The molecule has 0 saturated carbocycles. The fraction of sp³-hybridized carbons (Fsp3) is 0.118. The number of aromatic nitrogens is 3. The first-order chi connectivity index (χ1) is 10.9. The molecular weight excluding hydrogens is 276 g/mol. The largest absolute Gasteiger partial charge is 0.411 e. The van der Waals surface area contributed by atoms with Gasteiger partial charge in [0.15, 0.2) is 0 Å². The molecule has 0 aliphatic carbocycles. The predicted octanol–water partition coefficient (Wildman–Crippen LogP) is 2.94. The minimum atomic E-state index is -0.115. The van der Waals surface area contributed by atoms with Crippen molar-refractivity contribution in [1.29, 1.82) is 0 Å². The molecule has 0 amide bonds. The van der Waals surface area contributed by atoms with Crippen LogP contribution in [0.3, 0.4) is 0 Å². The molecule has 22 heavy (non-hydrogen) atoms. The highest BCUT2D eigenvalue weighted by atomic mass is 16.4. The van der Waals surface area contributed by atoms with E-state index < -0.39 is 0 Å². The summed E-state index contributed by atoms with van der Waals surface area (Å²) in [6, 6.07) is 19.6. The minimum Gasteiger partial charge on any atom is -0.411 e. The monoisotopic (exact) mass is 292 g/mol. The van der Waals surface area contributed by atoms with Gasteiger partial charge in [-0.2, -0.15) is 5.10 Å². The molecule has 0 radical (unpaired) electrons. The Bertz CT molecular complexity index is 724. The van der Waals surface area contributed by atoms with Gasteiger partial charge in [0.2, 0.25) is 0 Å².